The number of alkyl halides is 24. The molecule has 388 valence electrons. The van der Waals surface area contributed by atoms with Crippen LogP contribution in [0, 0.1) is 0 Å². The number of hydrogen-bond acceptors (Lipinski definition) is 1. The summed E-state index contributed by atoms with van der Waals surface area (Å²) >= 11 is 0. The molecule has 0 fully saturated rings. The summed E-state index contributed by atoms with van der Waals surface area (Å²) in [4.78, 5) is 4.28. The van der Waals surface area contributed by atoms with Crippen molar-refractivity contribution >= 4 is 28.0 Å². The van der Waals surface area contributed by atoms with Crippen LogP contribution < -0.4 is 26.4 Å². The molecule has 0 aliphatic rings. The Balaban J connectivity index is 0.000000542. The zero-order valence-corrected chi connectivity index (χ0v) is 35.5. The Labute approximate surface area is 389 Å². The highest BCUT2D eigenvalue weighted by molar-refractivity contribution is 7.20. The molecule has 1 aromatic heterocycles. The monoisotopic (exact) mass is 1060 g/mol. The smallest absolute Gasteiger partial charge is 0.249 e. The van der Waals surface area contributed by atoms with Gasteiger partial charge in [-0.15, -0.1) is 0 Å². The molecule has 1 heterocycles. The second-order valence-corrected chi connectivity index (χ2v) is 15.8. The number of halogens is 24. The van der Waals surface area contributed by atoms with Gasteiger partial charge in [0.2, 0.25) is 0 Å². The van der Waals surface area contributed by atoms with Gasteiger partial charge < -0.3 is 0 Å². The van der Waals surface area contributed by atoms with E-state index in [-0.39, 0.29) is 0 Å². The minimum Gasteiger partial charge on any atom is -0.249 e. The van der Waals surface area contributed by atoms with Crippen molar-refractivity contribution in [2.75, 3.05) is 0 Å². The highest BCUT2D eigenvalue weighted by atomic mass is 19.4. The number of aromatic nitrogens is 2. The van der Waals surface area contributed by atoms with Crippen molar-refractivity contribution in [3.05, 3.63) is 177 Å². The van der Waals surface area contributed by atoms with E-state index in [9.17, 15) is 105 Å². The molecule has 0 aliphatic heterocycles. The summed E-state index contributed by atoms with van der Waals surface area (Å²) in [7, 11) is 0. The van der Waals surface area contributed by atoms with Gasteiger partial charge in [0.25, 0.3) is 0 Å². The zero-order valence-electron chi connectivity index (χ0n) is 35.5. The van der Waals surface area contributed by atoms with Crippen molar-refractivity contribution in [3.63, 3.8) is 0 Å². The van der Waals surface area contributed by atoms with Crippen LogP contribution in [0.3, 0.4) is 0 Å². The largest absolute Gasteiger partial charge is 0.416 e. The van der Waals surface area contributed by atoms with E-state index >= 15 is 0 Å². The predicted octanol–water partition coefficient (Wildman–Crippen LogP) is 13.2. The Kier molecular flexibility index (Phi) is 15.3. The molecule has 72 heavy (non-hydrogen) atoms. The van der Waals surface area contributed by atoms with Crippen LogP contribution in [0.15, 0.2) is 122 Å². The molecule has 2 nitrogen and oxygen atoms in total. The van der Waals surface area contributed by atoms with Gasteiger partial charge in [0.05, 0.1) is 50.7 Å². The first-order valence-electron chi connectivity index (χ1n) is 19.9. The van der Waals surface area contributed by atoms with E-state index < -0.39 is 195 Å². The maximum Gasteiger partial charge on any atom is 0.416 e. The van der Waals surface area contributed by atoms with Gasteiger partial charge >= 0.3 is 49.4 Å². The van der Waals surface area contributed by atoms with E-state index in [2.05, 4.69) is 46.9 Å². The van der Waals surface area contributed by atoms with Crippen molar-refractivity contribution in [1.82, 2.24) is 4.98 Å². The molecule has 0 radical (unpaired) electrons. The minimum atomic E-state index is -6.13. The SMILES string of the molecule is CCc1c[n+](Cc2ccccc2)ccn1.FC(F)(F)c1cc([B-](c2cc(C(F)(F)F)cc(C(F)(F)F)c2)(c2cc(C(F)(F)F)cc(C(F)(F)F)c2)c2cc(C(F)(F)F)cc(C(F)(F)F)c2)cc(C(F)(F)F)c1. The van der Waals surface area contributed by atoms with E-state index in [4.69, 9.17) is 0 Å². The summed E-state index contributed by atoms with van der Waals surface area (Å²) < 4.78 is 343. The first-order valence-corrected chi connectivity index (χ1v) is 19.9. The topological polar surface area (TPSA) is 16.8 Å². The number of nitrogens with zero attached hydrogens (tertiary/aromatic N) is 2. The van der Waals surface area contributed by atoms with Gasteiger partial charge in [-0.2, -0.15) is 132 Å². The van der Waals surface area contributed by atoms with E-state index in [1.807, 2.05) is 18.5 Å². The van der Waals surface area contributed by atoms with Crippen molar-refractivity contribution in [1.29, 1.82) is 0 Å². The molecule has 0 unspecified atom stereocenters. The van der Waals surface area contributed by atoms with Gasteiger partial charge in [-0.1, -0.05) is 85.8 Å². The molecular formula is C45H27BF24N2. The average molecular weight is 1060 g/mol. The fraction of sp³-hybridized carbons (Fsp3) is 0.244. The maximum atomic E-state index is 14.2. The lowest BCUT2D eigenvalue weighted by Crippen LogP contribution is -2.75. The number of rotatable bonds is 7. The first-order chi connectivity index (χ1) is 32.6. The van der Waals surface area contributed by atoms with Crippen LogP contribution in [0.4, 0.5) is 105 Å². The lowest BCUT2D eigenvalue weighted by molar-refractivity contribution is -0.689. The summed E-state index contributed by atoms with van der Waals surface area (Å²) in [5.41, 5.74) is -27.8. The van der Waals surface area contributed by atoms with Gasteiger partial charge in [-0.05, 0) is 30.7 Å². The Hall–Kier alpha value is -6.44. The zero-order chi connectivity index (χ0) is 54.4. The standard InChI is InChI=1S/C32H12BF24.C13H15N2/c34-25(35,36)13-1-14(26(37,38)39)6-21(5-13)33(22-7-15(27(40,41)42)2-16(8-22)28(43,44)45,23-9-17(29(46,47)48)3-18(10-23)30(49,50)51)24-11-19(31(52,53)54)4-20(12-24)32(55,56)57;1-2-13-11-15(9-8-14-13)10-12-6-4-3-5-7-12/h1-12H;3-9,11H,2,10H2,1H3/q-1;+1. The molecule has 0 atom stereocenters. The van der Waals surface area contributed by atoms with Crippen LogP contribution in [0.25, 0.3) is 0 Å². The van der Waals surface area contributed by atoms with Crippen LogP contribution in [-0.4, -0.2) is 11.1 Å². The van der Waals surface area contributed by atoms with E-state index in [0.29, 0.717) is 0 Å². The molecule has 0 saturated carbocycles. The van der Waals surface area contributed by atoms with E-state index in [1.165, 1.54) is 5.56 Å². The summed E-state index contributed by atoms with van der Waals surface area (Å²) in [5.74, 6) is 0. The van der Waals surface area contributed by atoms with Crippen molar-refractivity contribution in [2.45, 2.75) is 69.3 Å². The summed E-state index contributed by atoms with van der Waals surface area (Å²) in [5, 5.41) is 0. The molecule has 5 aromatic carbocycles. The number of benzene rings is 5. The van der Waals surface area contributed by atoms with Crippen molar-refractivity contribution in [2.24, 2.45) is 0 Å². The quantitative estimate of drug-likeness (QED) is 0.0884. The number of hydrogen-bond donors (Lipinski definition) is 0. The Morgan fingerprint density at radius 1 is 0.375 bits per heavy atom. The fourth-order valence-corrected chi connectivity index (χ4v) is 7.63. The van der Waals surface area contributed by atoms with Gasteiger partial charge in [0, 0.05) is 5.56 Å². The van der Waals surface area contributed by atoms with E-state index in [0.717, 1.165) is 18.7 Å². The van der Waals surface area contributed by atoms with Crippen LogP contribution in [0.2, 0.25) is 0 Å². The van der Waals surface area contributed by atoms with Crippen molar-refractivity contribution in [3.8, 4) is 0 Å². The first kappa shape index (κ1) is 56.5. The van der Waals surface area contributed by atoms with Gasteiger partial charge in [-0.25, -0.2) is 4.98 Å². The normalized spacial score (nSPS) is 13.5. The molecule has 27 heteroatoms. The third-order valence-corrected chi connectivity index (χ3v) is 10.8. The second kappa shape index (κ2) is 19.5. The van der Waals surface area contributed by atoms with Crippen LogP contribution in [-0.2, 0) is 62.4 Å². The summed E-state index contributed by atoms with van der Waals surface area (Å²) in [6.07, 6.45) is -47.9. The van der Waals surface area contributed by atoms with Crippen LogP contribution in [0.5, 0.6) is 0 Å². The Bertz CT molecular complexity index is 2430. The van der Waals surface area contributed by atoms with Gasteiger partial charge in [-0.3, -0.25) is 0 Å². The number of aryl methyl sites for hydroxylation is 1. The third-order valence-electron chi connectivity index (χ3n) is 10.8. The molecule has 0 bridgehead atoms. The minimum absolute atomic E-state index is 0.691. The highest BCUT2D eigenvalue weighted by Crippen LogP contribution is 2.41. The van der Waals surface area contributed by atoms with Crippen LogP contribution >= 0.6 is 0 Å². The fourth-order valence-electron chi connectivity index (χ4n) is 7.63. The van der Waals surface area contributed by atoms with E-state index in [1.54, 1.807) is 0 Å². The molecule has 6 rings (SSSR count). The Morgan fingerprint density at radius 3 is 0.847 bits per heavy atom. The highest BCUT2D eigenvalue weighted by Gasteiger charge is 2.47. The van der Waals surface area contributed by atoms with Crippen LogP contribution in [0.1, 0.15) is 62.7 Å². The average Bonchev–Trinajstić information content (AvgIpc) is 3.24. The predicted molar refractivity (Wildman–Crippen MR) is 209 cm³/mol. The second-order valence-electron chi connectivity index (χ2n) is 15.8. The lowest BCUT2D eigenvalue weighted by Gasteiger charge is -2.46. The lowest BCUT2D eigenvalue weighted by atomic mass is 9.12. The summed E-state index contributed by atoms with van der Waals surface area (Å²) in [6, 6.07) is 1.64. The Morgan fingerprint density at radius 2 is 0.625 bits per heavy atom. The maximum absolute atomic E-state index is 14.2. The molecule has 0 aliphatic carbocycles. The molecule has 0 saturated heterocycles. The van der Waals surface area contributed by atoms with Gasteiger partial charge in [0.1, 0.15) is 11.8 Å². The molecule has 0 amide bonds. The third kappa shape index (κ3) is 13.1. The van der Waals surface area contributed by atoms with Crippen molar-refractivity contribution < 1.29 is 110 Å². The molecular weight excluding hydrogens is 1040 g/mol. The van der Waals surface area contributed by atoms with Gasteiger partial charge in [0.15, 0.2) is 18.9 Å². The molecule has 6 aromatic rings. The summed E-state index contributed by atoms with van der Waals surface area (Å²) in [6.45, 7) is 3.03. The molecule has 0 N–H and O–H groups in total. The molecule has 0 spiro atoms.